The van der Waals surface area contributed by atoms with Gasteiger partial charge in [-0.25, -0.2) is 4.98 Å². The fraction of sp³-hybridized carbons (Fsp3) is 0. The zero-order valence-corrected chi connectivity index (χ0v) is 14.4. The average molecular weight is 360 g/mol. The molecule has 1 amide bonds. The Bertz CT molecular complexity index is 1100. The van der Waals surface area contributed by atoms with Gasteiger partial charge < -0.3 is 5.32 Å². The van der Waals surface area contributed by atoms with E-state index in [1.165, 1.54) is 0 Å². The first-order valence-electron chi connectivity index (χ1n) is 8.08. The summed E-state index contributed by atoms with van der Waals surface area (Å²) in [5.41, 5.74) is 3.40. The molecule has 0 spiro atoms. The van der Waals surface area contributed by atoms with Crippen LogP contribution in [0.2, 0.25) is 5.02 Å². The third kappa shape index (κ3) is 3.15. The fourth-order valence-corrected chi connectivity index (χ4v) is 2.96. The molecule has 4 rings (SSSR count). The Kier molecular flexibility index (Phi) is 4.33. The molecule has 0 saturated carbocycles. The minimum absolute atomic E-state index is 0.234. The van der Waals surface area contributed by atoms with E-state index in [-0.39, 0.29) is 5.91 Å². The first-order valence-corrected chi connectivity index (χ1v) is 8.46. The summed E-state index contributed by atoms with van der Waals surface area (Å²) >= 11 is 6.17. The van der Waals surface area contributed by atoms with Crippen LogP contribution >= 0.6 is 11.6 Å². The molecular formula is C21H14ClN3O. The molecule has 126 valence electrons. The fourth-order valence-electron chi connectivity index (χ4n) is 2.78. The van der Waals surface area contributed by atoms with Crippen LogP contribution in [0.1, 0.15) is 10.4 Å². The van der Waals surface area contributed by atoms with Crippen molar-refractivity contribution in [3.8, 4) is 11.3 Å². The Morgan fingerprint density at radius 1 is 0.962 bits per heavy atom. The van der Waals surface area contributed by atoms with Crippen LogP contribution in [0.3, 0.4) is 0 Å². The number of aromatic nitrogens is 2. The molecule has 4 aromatic rings. The van der Waals surface area contributed by atoms with Crippen LogP contribution in [0, 0.1) is 0 Å². The van der Waals surface area contributed by atoms with Crippen LogP contribution in [0.15, 0.2) is 79.1 Å². The van der Waals surface area contributed by atoms with Crippen molar-refractivity contribution in [1.29, 1.82) is 0 Å². The molecule has 1 N–H and O–H groups in total. The molecule has 0 aliphatic rings. The first-order chi connectivity index (χ1) is 12.7. The van der Waals surface area contributed by atoms with Gasteiger partial charge in [0, 0.05) is 23.3 Å². The van der Waals surface area contributed by atoms with Gasteiger partial charge in [-0.1, -0.05) is 41.9 Å². The van der Waals surface area contributed by atoms with Gasteiger partial charge in [-0.3, -0.25) is 9.78 Å². The van der Waals surface area contributed by atoms with Gasteiger partial charge in [0.1, 0.15) is 0 Å². The number of anilines is 1. The number of carbonyl (C=O) groups is 1. The molecule has 0 aliphatic heterocycles. The van der Waals surface area contributed by atoms with Gasteiger partial charge in [0.25, 0.3) is 5.91 Å². The number of pyridine rings is 2. The molecule has 0 radical (unpaired) electrons. The smallest absolute Gasteiger partial charge is 0.256 e. The Labute approximate surface area is 155 Å². The highest BCUT2D eigenvalue weighted by Crippen LogP contribution is 2.26. The van der Waals surface area contributed by atoms with Crippen molar-refractivity contribution in [2.45, 2.75) is 0 Å². The van der Waals surface area contributed by atoms with E-state index >= 15 is 0 Å². The van der Waals surface area contributed by atoms with Crippen LogP contribution in [-0.2, 0) is 0 Å². The highest BCUT2D eigenvalue weighted by molar-refractivity contribution is 6.34. The minimum Gasteiger partial charge on any atom is -0.321 e. The monoisotopic (exact) mass is 359 g/mol. The third-order valence-corrected chi connectivity index (χ3v) is 4.37. The zero-order chi connectivity index (χ0) is 17.9. The molecule has 2 heterocycles. The van der Waals surface area contributed by atoms with Crippen LogP contribution in [-0.4, -0.2) is 15.9 Å². The predicted molar refractivity (Wildman–Crippen MR) is 104 cm³/mol. The van der Waals surface area contributed by atoms with Crippen molar-refractivity contribution in [1.82, 2.24) is 9.97 Å². The highest BCUT2D eigenvalue weighted by Gasteiger charge is 2.15. The molecule has 0 bridgehead atoms. The van der Waals surface area contributed by atoms with E-state index in [0.717, 1.165) is 16.5 Å². The lowest BCUT2D eigenvalue weighted by molar-refractivity contribution is 0.102. The van der Waals surface area contributed by atoms with Gasteiger partial charge in [0.05, 0.1) is 27.5 Å². The number of rotatable bonds is 3. The topological polar surface area (TPSA) is 54.9 Å². The van der Waals surface area contributed by atoms with Crippen molar-refractivity contribution < 1.29 is 4.79 Å². The molecule has 0 atom stereocenters. The molecule has 0 saturated heterocycles. The molecule has 0 fully saturated rings. The van der Waals surface area contributed by atoms with Gasteiger partial charge in [0.2, 0.25) is 0 Å². The maximum absolute atomic E-state index is 13.0. The van der Waals surface area contributed by atoms with E-state index in [2.05, 4.69) is 15.3 Å². The quantitative estimate of drug-likeness (QED) is 0.546. The lowest BCUT2D eigenvalue weighted by Crippen LogP contribution is -2.13. The minimum atomic E-state index is -0.234. The summed E-state index contributed by atoms with van der Waals surface area (Å²) in [5.74, 6) is -0.234. The zero-order valence-electron chi connectivity index (χ0n) is 13.7. The second-order valence-corrected chi connectivity index (χ2v) is 6.16. The molecule has 2 aromatic heterocycles. The number of benzene rings is 2. The SMILES string of the molecule is O=C(Nc1ccccc1Cl)c1cc(-c2cccnc2)nc2ccccc12. The van der Waals surface area contributed by atoms with Crippen molar-refractivity contribution in [2.24, 2.45) is 0 Å². The Morgan fingerprint density at radius 2 is 1.77 bits per heavy atom. The number of amides is 1. The van der Waals surface area contributed by atoms with Crippen molar-refractivity contribution in [3.63, 3.8) is 0 Å². The van der Waals surface area contributed by atoms with Crippen molar-refractivity contribution in [3.05, 3.63) is 89.7 Å². The Morgan fingerprint density at radius 3 is 2.58 bits per heavy atom. The number of hydrogen-bond donors (Lipinski definition) is 1. The molecule has 2 aromatic carbocycles. The van der Waals surface area contributed by atoms with Gasteiger partial charge in [-0.2, -0.15) is 0 Å². The molecule has 4 nitrogen and oxygen atoms in total. The van der Waals surface area contributed by atoms with Crippen LogP contribution in [0.25, 0.3) is 22.2 Å². The molecular weight excluding hydrogens is 346 g/mol. The molecule has 0 unspecified atom stereocenters. The van der Waals surface area contributed by atoms with Crippen molar-refractivity contribution >= 4 is 34.1 Å². The average Bonchev–Trinajstić information content (AvgIpc) is 2.69. The lowest BCUT2D eigenvalue weighted by Gasteiger charge is -2.11. The number of nitrogens with one attached hydrogen (secondary N) is 1. The third-order valence-electron chi connectivity index (χ3n) is 4.04. The largest absolute Gasteiger partial charge is 0.321 e. The van der Waals surface area contributed by atoms with Crippen LogP contribution in [0.5, 0.6) is 0 Å². The standard InChI is InChI=1S/C21H14ClN3O/c22-17-8-2-4-10-19(17)25-21(26)16-12-20(14-6-5-11-23-13-14)24-18-9-3-1-7-15(16)18/h1-13H,(H,25,26). The number of carbonyl (C=O) groups excluding carboxylic acids is 1. The van der Waals surface area contributed by atoms with Gasteiger partial charge in [-0.05, 0) is 36.4 Å². The van der Waals surface area contributed by atoms with Gasteiger partial charge in [0.15, 0.2) is 0 Å². The summed E-state index contributed by atoms with van der Waals surface area (Å²) < 4.78 is 0. The van der Waals surface area contributed by atoms with E-state index < -0.39 is 0 Å². The lowest BCUT2D eigenvalue weighted by atomic mass is 10.0. The molecule has 5 heteroatoms. The Hall–Kier alpha value is -3.24. The summed E-state index contributed by atoms with van der Waals surface area (Å²) in [6.45, 7) is 0. The summed E-state index contributed by atoms with van der Waals surface area (Å²) in [6.07, 6.45) is 3.43. The highest BCUT2D eigenvalue weighted by atomic mass is 35.5. The number of fused-ring (bicyclic) bond motifs is 1. The summed E-state index contributed by atoms with van der Waals surface area (Å²) in [6, 6.07) is 20.3. The maximum Gasteiger partial charge on any atom is 0.256 e. The Balaban J connectivity index is 1.83. The number of halogens is 1. The van der Waals surface area contributed by atoms with E-state index in [1.54, 1.807) is 30.6 Å². The van der Waals surface area contributed by atoms with Gasteiger partial charge in [-0.15, -0.1) is 0 Å². The van der Waals surface area contributed by atoms with Crippen molar-refractivity contribution in [2.75, 3.05) is 5.32 Å². The van der Waals surface area contributed by atoms with Gasteiger partial charge >= 0.3 is 0 Å². The normalized spacial score (nSPS) is 10.7. The van der Waals surface area contributed by atoms with E-state index in [9.17, 15) is 4.79 Å². The van der Waals surface area contributed by atoms with E-state index in [0.29, 0.717) is 22.0 Å². The van der Waals surface area contributed by atoms with Crippen LogP contribution < -0.4 is 5.32 Å². The molecule has 0 aliphatic carbocycles. The summed E-state index contributed by atoms with van der Waals surface area (Å²) in [5, 5.41) is 4.16. The second kappa shape index (κ2) is 6.94. The van der Waals surface area contributed by atoms with E-state index in [4.69, 9.17) is 11.6 Å². The second-order valence-electron chi connectivity index (χ2n) is 5.75. The predicted octanol–water partition coefficient (Wildman–Crippen LogP) is 5.20. The number of hydrogen-bond acceptors (Lipinski definition) is 3. The number of para-hydroxylation sites is 2. The first kappa shape index (κ1) is 16.2. The van der Waals surface area contributed by atoms with E-state index in [1.807, 2.05) is 48.5 Å². The number of nitrogens with zero attached hydrogens (tertiary/aromatic N) is 2. The van der Waals surface area contributed by atoms with Crippen LogP contribution in [0.4, 0.5) is 5.69 Å². The summed E-state index contributed by atoms with van der Waals surface area (Å²) in [7, 11) is 0. The molecule has 26 heavy (non-hydrogen) atoms. The maximum atomic E-state index is 13.0. The summed E-state index contributed by atoms with van der Waals surface area (Å²) in [4.78, 5) is 21.8.